The van der Waals surface area contributed by atoms with Crippen molar-refractivity contribution in [2.75, 3.05) is 0 Å². The van der Waals surface area contributed by atoms with Crippen LogP contribution in [0.5, 0.6) is 11.6 Å². The van der Waals surface area contributed by atoms with Crippen LogP contribution in [0.25, 0.3) is 10.9 Å². The maximum absolute atomic E-state index is 9.33. The number of benzene rings is 1. The summed E-state index contributed by atoms with van der Waals surface area (Å²) in [6.07, 6.45) is 0. The molecule has 13 heavy (non-hydrogen) atoms. The highest BCUT2D eigenvalue weighted by Gasteiger charge is 2.13. The van der Waals surface area contributed by atoms with Gasteiger partial charge in [0.2, 0.25) is 5.88 Å². The van der Waals surface area contributed by atoms with Gasteiger partial charge in [0.1, 0.15) is 0 Å². The van der Waals surface area contributed by atoms with Crippen molar-refractivity contribution in [3.63, 3.8) is 0 Å². The predicted molar refractivity (Wildman–Crippen MR) is 51.6 cm³/mol. The molecule has 0 bridgehead atoms. The van der Waals surface area contributed by atoms with Crippen LogP contribution in [0.2, 0.25) is 10.0 Å². The summed E-state index contributed by atoms with van der Waals surface area (Å²) < 4.78 is 0. The van der Waals surface area contributed by atoms with Crippen LogP contribution < -0.4 is 0 Å². The first kappa shape index (κ1) is 8.53. The molecule has 0 aliphatic carbocycles. The summed E-state index contributed by atoms with van der Waals surface area (Å²) in [5.74, 6) is -0.521. The second-order valence-corrected chi connectivity index (χ2v) is 3.39. The Bertz CT molecular complexity index is 478. The molecule has 3 nitrogen and oxygen atoms in total. The average Bonchev–Trinajstić information content (AvgIpc) is 2.38. The Kier molecular flexibility index (Phi) is 1.78. The zero-order valence-electron chi connectivity index (χ0n) is 6.31. The first-order chi connectivity index (χ1) is 6.11. The lowest BCUT2D eigenvalue weighted by Crippen LogP contribution is -1.72. The minimum Gasteiger partial charge on any atom is -0.503 e. The number of rotatable bonds is 0. The Labute approximate surface area is 83.5 Å². The highest BCUT2D eigenvalue weighted by molar-refractivity contribution is 6.45. The molecule has 1 aromatic heterocycles. The summed E-state index contributed by atoms with van der Waals surface area (Å²) in [5.41, 5.74) is 0.434. The largest absolute Gasteiger partial charge is 0.503 e. The van der Waals surface area contributed by atoms with Crippen molar-refractivity contribution >= 4 is 34.1 Å². The van der Waals surface area contributed by atoms with Gasteiger partial charge in [0, 0.05) is 5.39 Å². The number of aromatic amines is 1. The predicted octanol–water partition coefficient (Wildman–Crippen LogP) is 2.89. The first-order valence-electron chi connectivity index (χ1n) is 3.49. The van der Waals surface area contributed by atoms with Crippen molar-refractivity contribution in [1.82, 2.24) is 4.98 Å². The third-order valence-electron chi connectivity index (χ3n) is 1.82. The van der Waals surface area contributed by atoms with Crippen molar-refractivity contribution in [3.8, 4) is 11.6 Å². The number of aromatic hydroxyl groups is 2. The second kappa shape index (κ2) is 2.72. The minimum absolute atomic E-state index is 0.214. The zero-order valence-corrected chi connectivity index (χ0v) is 7.82. The van der Waals surface area contributed by atoms with Crippen molar-refractivity contribution < 1.29 is 10.2 Å². The van der Waals surface area contributed by atoms with Crippen LogP contribution in [-0.4, -0.2) is 15.2 Å². The molecule has 0 unspecified atom stereocenters. The Morgan fingerprint density at radius 2 is 1.85 bits per heavy atom. The van der Waals surface area contributed by atoms with E-state index in [1.54, 1.807) is 12.1 Å². The lowest BCUT2D eigenvalue weighted by atomic mass is 10.2. The summed E-state index contributed by atoms with van der Waals surface area (Å²) in [6, 6.07) is 3.13. The summed E-state index contributed by atoms with van der Waals surface area (Å²) >= 11 is 11.6. The molecule has 0 aliphatic heterocycles. The van der Waals surface area contributed by atoms with Gasteiger partial charge in [-0.15, -0.1) is 0 Å². The van der Waals surface area contributed by atoms with Gasteiger partial charge >= 0.3 is 0 Å². The lowest BCUT2D eigenvalue weighted by molar-refractivity contribution is 0.398. The Hall–Kier alpha value is -1.06. The fourth-order valence-corrected chi connectivity index (χ4v) is 1.54. The van der Waals surface area contributed by atoms with Gasteiger partial charge in [-0.25, -0.2) is 0 Å². The Balaban J connectivity index is 2.94. The molecule has 0 amide bonds. The third-order valence-corrected chi connectivity index (χ3v) is 2.62. The molecular formula is C8H5Cl2NO2. The Morgan fingerprint density at radius 3 is 2.54 bits per heavy atom. The zero-order chi connectivity index (χ0) is 9.59. The van der Waals surface area contributed by atoms with E-state index in [1.807, 2.05) is 0 Å². The molecular weight excluding hydrogens is 213 g/mol. The van der Waals surface area contributed by atoms with Crippen LogP contribution in [0, 0.1) is 0 Å². The molecule has 68 valence electrons. The standard InChI is InChI=1S/C8H5Cl2NO2/c9-4-2-1-3-6(5(4)10)11-8(13)7(3)12/h1-2,11-13H. The van der Waals surface area contributed by atoms with Crippen molar-refractivity contribution in [1.29, 1.82) is 0 Å². The number of fused-ring (bicyclic) bond motifs is 1. The maximum Gasteiger partial charge on any atom is 0.233 e. The number of nitrogens with one attached hydrogen (secondary N) is 1. The molecule has 0 fully saturated rings. The van der Waals surface area contributed by atoms with E-state index >= 15 is 0 Å². The van der Waals surface area contributed by atoms with Crippen molar-refractivity contribution in [3.05, 3.63) is 22.2 Å². The smallest absolute Gasteiger partial charge is 0.233 e. The van der Waals surface area contributed by atoms with Crippen LogP contribution in [0.3, 0.4) is 0 Å². The highest BCUT2D eigenvalue weighted by Crippen LogP contribution is 2.39. The van der Waals surface area contributed by atoms with E-state index in [0.29, 0.717) is 15.9 Å². The molecule has 0 spiro atoms. The van der Waals surface area contributed by atoms with Gasteiger partial charge in [0.15, 0.2) is 5.75 Å². The summed E-state index contributed by atoms with van der Waals surface area (Å²) in [6.45, 7) is 0. The first-order valence-corrected chi connectivity index (χ1v) is 4.24. The van der Waals surface area contributed by atoms with Gasteiger partial charge < -0.3 is 15.2 Å². The fraction of sp³-hybridized carbons (Fsp3) is 0. The number of H-pyrrole nitrogens is 1. The number of hydrogen-bond donors (Lipinski definition) is 3. The SMILES string of the molecule is Oc1[nH]c2c(Cl)c(Cl)ccc2c1O. The molecule has 2 aromatic rings. The number of aromatic nitrogens is 1. The van der Waals surface area contributed by atoms with E-state index < -0.39 is 0 Å². The maximum atomic E-state index is 9.33. The molecule has 0 atom stereocenters. The topological polar surface area (TPSA) is 56.2 Å². The van der Waals surface area contributed by atoms with Gasteiger partial charge in [-0.1, -0.05) is 23.2 Å². The Morgan fingerprint density at radius 1 is 1.15 bits per heavy atom. The molecule has 0 radical (unpaired) electrons. The fourth-order valence-electron chi connectivity index (χ4n) is 1.18. The van der Waals surface area contributed by atoms with Crippen LogP contribution in [0.15, 0.2) is 12.1 Å². The van der Waals surface area contributed by atoms with E-state index in [1.165, 1.54) is 0 Å². The summed E-state index contributed by atoms with van der Waals surface area (Å²) in [4.78, 5) is 2.52. The molecule has 2 rings (SSSR count). The molecule has 1 heterocycles. The van der Waals surface area contributed by atoms with E-state index in [9.17, 15) is 5.11 Å². The normalized spacial score (nSPS) is 10.9. The average molecular weight is 218 g/mol. The third kappa shape index (κ3) is 1.12. The minimum atomic E-state index is -0.306. The van der Waals surface area contributed by atoms with Gasteiger partial charge in [-0.05, 0) is 12.1 Å². The molecule has 0 saturated carbocycles. The molecule has 1 aromatic carbocycles. The van der Waals surface area contributed by atoms with Crippen LogP contribution in [0.4, 0.5) is 0 Å². The molecule has 5 heteroatoms. The quantitative estimate of drug-likeness (QED) is 0.636. The van der Waals surface area contributed by atoms with E-state index in [-0.39, 0.29) is 16.7 Å². The lowest BCUT2D eigenvalue weighted by Gasteiger charge is -1.95. The van der Waals surface area contributed by atoms with Crippen molar-refractivity contribution in [2.24, 2.45) is 0 Å². The molecule has 3 N–H and O–H groups in total. The van der Waals surface area contributed by atoms with Crippen LogP contribution >= 0.6 is 23.2 Å². The van der Waals surface area contributed by atoms with E-state index in [4.69, 9.17) is 28.3 Å². The highest BCUT2D eigenvalue weighted by atomic mass is 35.5. The van der Waals surface area contributed by atoms with E-state index in [2.05, 4.69) is 4.98 Å². The second-order valence-electron chi connectivity index (χ2n) is 2.61. The monoisotopic (exact) mass is 217 g/mol. The number of hydrogen-bond acceptors (Lipinski definition) is 2. The van der Waals surface area contributed by atoms with E-state index in [0.717, 1.165) is 0 Å². The summed E-state index contributed by atoms with van der Waals surface area (Å²) in [5, 5.41) is 19.6. The summed E-state index contributed by atoms with van der Waals surface area (Å²) in [7, 11) is 0. The van der Waals surface area contributed by atoms with Crippen LogP contribution in [0.1, 0.15) is 0 Å². The molecule has 0 saturated heterocycles. The van der Waals surface area contributed by atoms with Gasteiger partial charge in [-0.2, -0.15) is 0 Å². The van der Waals surface area contributed by atoms with Gasteiger partial charge in [0.25, 0.3) is 0 Å². The van der Waals surface area contributed by atoms with Crippen LogP contribution in [-0.2, 0) is 0 Å². The van der Waals surface area contributed by atoms with Gasteiger partial charge in [0.05, 0.1) is 15.6 Å². The molecule has 0 aliphatic rings. The number of halogens is 2. The van der Waals surface area contributed by atoms with Gasteiger partial charge in [-0.3, -0.25) is 0 Å². The van der Waals surface area contributed by atoms with Crippen molar-refractivity contribution in [2.45, 2.75) is 0 Å².